The number of nitrogens with zero attached hydrogens (tertiary/aromatic N) is 4. The predicted octanol–water partition coefficient (Wildman–Crippen LogP) is 11.7. The van der Waals surface area contributed by atoms with Gasteiger partial charge in [0.1, 0.15) is 16.1 Å². The molecule has 62 heavy (non-hydrogen) atoms. The van der Waals surface area contributed by atoms with Crippen molar-refractivity contribution in [3.63, 3.8) is 0 Å². The summed E-state index contributed by atoms with van der Waals surface area (Å²) in [6.45, 7) is 2.45. The van der Waals surface area contributed by atoms with Gasteiger partial charge in [0.2, 0.25) is 0 Å². The molecule has 0 aliphatic heterocycles. The van der Waals surface area contributed by atoms with E-state index in [0.29, 0.717) is 54.3 Å². The fourth-order valence-corrected chi connectivity index (χ4v) is 8.22. The summed E-state index contributed by atoms with van der Waals surface area (Å²) in [6, 6.07) is 26.9. The minimum absolute atomic E-state index is 0.0148. The van der Waals surface area contributed by atoms with Gasteiger partial charge in [0.15, 0.2) is 0 Å². The maximum Gasteiger partial charge on any atom is 0.296 e. The second-order valence-corrected chi connectivity index (χ2v) is 16.2. The van der Waals surface area contributed by atoms with Crippen molar-refractivity contribution < 1.29 is 24.3 Å². The van der Waals surface area contributed by atoms with Gasteiger partial charge in [0.05, 0.1) is 59.0 Å². The number of phenols is 1. The van der Waals surface area contributed by atoms with Gasteiger partial charge in [-0.05, 0) is 96.9 Å². The Labute approximate surface area is 383 Å². The normalized spacial score (nSPS) is 11.0. The number of Topliss-reactive ketones (excluding diaryl/α,β-unsaturated/α-hetero) is 2. The molecule has 312 valence electrons. The summed E-state index contributed by atoms with van der Waals surface area (Å²) in [5.41, 5.74) is 4.64. The van der Waals surface area contributed by atoms with Crippen LogP contribution in [0.1, 0.15) is 37.4 Å². The molecule has 17 heteroatoms. The van der Waals surface area contributed by atoms with Crippen molar-refractivity contribution in [1.29, 1.82) is 0 Å². The van der Waals surface area contributed by atoms with Crippen LogP contribution in [0.3, 0.4) is 0 Å². The second-order valence-electron chi connectivity index (χ2n) is 13.7. The van der Waals surface area contributed by atoms with Gasteiger partial charge in [-0.2, -0.15) is 0 Å². The zero-order valence-corrected chi connectivity index (χ0v) is 36.6. The van der Waals surface area contributed by atoms with Crippen molar-refractivity contribution in [2.24, 2.45) is 0 Å². The van der Waals surface area contributed by atoms with Crippen LogP contribution in [0.25, 0.3) is 21.8 Å². The van der Waals surface area contributed by atoms with Crippen LogP contribution in [0.2, 0.25) is 30.4 Å². The number of halogens is 6. The average molecular weight is 947 g/mol. The molecule has 0 atom stereocenters. The Morgan fingerprint density at radius 1 is 0.581 bits per heavy atom. The van der Waals surface area contributed by atoms with E-state index in [1.807, 2.05) is 25.1 Å². The van der Waals surface area contributed by atoms with Crippen LogP contribution < -0.4 is 10.6 Å². The Hall–Kier alpha value is -5.92. The number of hydrogen-bond acceptors (Lipinski definition) is 7. The largest absolute Gasteiger partial charge is 0.508 e. The summed E-state index contributed by atoms with van der Waals surface area (Å²) >= 11 is 37.9. The van der Waals surface area contributed by atoms with Crippen LogP contribution in [-0.2, 0) is 22.7 Å². The number of fused-ring (bicyclic) bond motifs is 2. The molecule has 0 bridgehead atoms. The number of rotatable bonds is 10. The first-order chi connectivity index (χ1) is 29.7. The van der Waals surface area contributed by atoms with Gasteiger partial charge in [-0.25, -0.2) is 0 Å². The molecule has 0 aliphatic rings. The molecule has 0 unspecified atom stereocenters. The number of pyridine rings is 2. The van der Waals surface area contributed by atoms with E-state index in [-0.39, 0.29) is 33.7 Å². The number of amides is 2. The highest BCUT2D eigenvalue weighted by Gasteiger charge is 2.29. The van der Waals surface area contributed by atoms with Gasteiger partial charge in [-0.1, -0.05) is 93.4 Å². The Morgan fingerprint density at radius 3 is 1.47 bits per heavy atom. The summed E-state index contributed by atoms with van der Waals surface area (Å²) in [6.07, 6.45) is 6.01. The smallest absolute Gasteiger partial charge is 0.296 e. The van der Waals surface area contributed by atoms with Crippen LogP contribution in [0.4, 0.5) is 11.4 Å². The summed E-state index contributed by atoms with van der Waals surface area (Å²) in [5, 5.41) is 18.1. The SMILES string of the molecule is Cc1ccc2c(c1)c(C(=O)C(=O)Nc1cccnc1)c(Cl)n2Cc1ccc(Cl)cc1Cl.O=C(Nc1cccnc1)C(=O)c1c(Cl)n(Cc2ccc(Cl)cc2Cl)c2ccc(O)cc12. The van der Waals surface area contributed by atoms with E-state index in [0.717, 1.165) is 22.2 Å². The van der Waals surface area contributed by atoms with Crippen molar-refractivity contribution in [2.45, 2.75) is 20.0 Å². The molecule has 2 amide bonds. The topological polar surface area (TPSA) is 148 Å². The number of phenolic OH excluding ortho intramolecular Hbond substituents is 1. The molecule has 4 aromatic carbocycles. The molecule has 3 N–H and O–H groups in total. The van der Waals surface area contributed by atoms with Gasteiger partial charge in [0.25, 0.3) is 23.4 Å². The molecule has 0 fully saturated rings. The molecule has 0 saturated carbocycles. The van der Waals surface area contributed by atoms with E-state index in [1.54, 1.807) is 88.3 Å². The van der Waals surface area contributed by atoms with E-state index >= 15 is 0 Å². The summed E-state index contributed by atoms with van der Waals surface area (Å²) in [4.78, 5) is 59.2. The van der Waals surface area contributed by atoms with Crippen molar-refractivity contribution in [3.05, 3.63) is 180 Å². The highest BCUT2D eigenvalue weighted by molar-refractivity contribution is 6.52. The van der Waals surface area contributed by atoms with Crippen LogP contribution in [0.15, 0.2) is 122 Å². The summed E-state index contributed by atoms with van der Waals surface area (Å²) in [5.74, 6) is -3.30. The Balaban J connectivity index is 0.000000186. The molecule has 8 aromatic rings. The molecule has 0 aliphatic carbocycles. The van der Waals surface area contributed by atoms with Crippen LogP contribution in [0.5, 0.6) is 5.75 Å². The monoisotopic (exact) mass is 944 g/mol. The first-order valence-corrected chi connectivity index (χ1v) is 20.6. The van der Waals surface area contributed by atoms with E-state index in [4.69, 9.17) is 69.6 Å². The van der Waals surface area contributed by atoms with Crippen molar-refractivity contribution in [1.82, 2.24) is 19.1 Å². The van der Waals surface area contributed by atoms with Crippen molar-refractivity contribution >= 4 is 126 Å². The van der Waals surface area contributed by atoms with Gasteiger partial charge in [-0.15, -0.1) is 0 Å². The third-order valence-corrected chi connectivity index (χ3v) is 11.5. The quantitative estimate of drug-likeness (QED) is 0.0913. The summed E-state index contributed by atoms with van der Waals surface area (Å²) in [7, 11) is 0. The Morgan fingerprint density at radius 2 is 1.03 bits per heavy atom. The molecular weight excluding hydrogens is 917 g/mol. The number of ketones is 2. The minimum atomic E-state index is -0.873. The number of anilines is 2. The lowest BCUT2D eigenvalue weighted by atomic mass is 10.1. The third-order valence-electron chi connectivity index (χ3n) is 9.53. The van der Waals surface area contributed by atoms with E-state index in [2.05, 4.69) is 20.6 Å². The Bertz CT molecular complexity index is 2840. The van der Waals surface area contributed by atoms with Crippen LogP contribution in [0, 0.1) is 6.92 Å². The number of benzene rings is 4. The van der Waals surface area contributed by atoms with E-state index in [1.165, 1.54) is 24.5 Å². The molecule has 0 spiro atoms. The number of aromatic hydroxyl groups is 1. The van der Waals surface area contributed by atoms with Crippen LogP contribution in [-0.4, -0.2) is 47.6 Å². The number of nitrogens with one attached hydrogen (secondary N) is 2. The highest BCUT2D eigenvalue weighted by Crippen LogP contribution is 2.36. The molecule has 4 heterocycles. The standard InChI is InChI=1S/C23H16Cl3N3O2.C22H14Cl3N3O3/c1-13-4-7-19-17(9-13)20(21(30)23(31)28-16-3-2-8-27-11-16)22(26)29(19)12-14-5-6-15(24)10-18(14)25;23-13-4-3-12(17(24)8-13)11-28-18-6-5-15(29)9-16(18)19(21(28)25)20(30)22(31)27-14-2-1-7-26-10-14/h2-11H,12H2,1H3,(H,28,31);1-10,29H,11H2,(H,27,31). The van der Waals surface area contributed by atoms with Crippen molar-refractivity contribution in [2.75, 3.05) is 10.6 Å². The molecular formula is C45H30Cl6N6O5. The molecule has 0 saturated heterocycles. The number of aryl methyl sites for hydroxylation is 1. The van der Waals surface area contributed by atoms with Gasteiger partial charge in [-0.3, -0.25) is 29.1 Å². The van der Waals surface area contributed by atoms with Gasteiger partial charge >= 0.3 is 0 Å². The van der Waals surface area contributed by atoms with Crippen LogP contribution >= 0.6 is 69.6 Å². The zero-order chi connectivity index (χ0) is 44.2. The maximum absolute atomic E-state index is 13.1. The maximum atomic E-state index is 13.1. The molecule has 4 aromatic heterocycles. The number of aromatic nitrogens is 4. The molecule has 11 nitrogen and oxygen atoms in total. The first-order valence-electron chi connectivity index (χ1n) is 18.4. The number of hydrogen-bond donors (Lipinski definition) is 3. The minimum Gasteiger partial charge on any atom is -0.508 e. The van der Waals surface area contributed by atoms with Gasteiger partial charge in [0, 0.05) is 43.3 Å². The molecule has 0 radical (unpaired) electrons. The fraction of sp³-hybridized carbons (Fsp3) is 0.0667. The lowest BCUT2D eigenvalue weighted by Gasteiger charge is -2.10. The van der Waals surface area contributed by atoms with Crippen molar-refractivity contribution in [3.8, 4) is 5.75 Å². The third kappa shape index (κ3) is 9.59. The predicted molar refractivity (Wildman–Crippen MR) is 246 cm³/mol. The number of carbonyl (C=O) groups excluding carboxylic acids is 4. The average Bonchev–Trinajstić information content (AvgIpc) is 3.67. The first kappa shape index (κ1) is 44.1. The zero-order valence-electron chi connectivity index (χ0n) is 32.1. The summed E-state index contributed by atoms with van der Waals surface area (Å²) < 4.78 is 3.41. The Kier molecular flexibility index (Phi) is 13.5. The lowest BCUT2D eigenvalue weighted by molar-refractivity contribution is -0.113. The highest BCUT2D eigenvalue weighted by atomic mass is 35.5. The van der Waals surface area contributed by atoms with E-state index < -0.39 is 23.4 Å². The second kappa shape index (κ2) is 19.0. The van der Waals surface area contributed by atoms with Gasteiger partial charge < -0.3 is 24.9 Å². The fourth-order valence-electron chi connectivity index (χ4n) is 6.61. The lowest BCUT2D eigenvalue weighted by Crippen LogP contribution is -2.23. The van der Waals surface area contributed by atoms with E-state index in [9.17, 15) is 24.3 Å². The molecule has 8 rings (SSSR count). The number of carbonyl (C=O) groups is 4.